The topological polar surface area (TPSA) is 32.8 Å². The van der Waals surface area contributed by atoms with Crippen LogP contribution in [0.5, 0.6) is 0 Å². The quantitative estimate of drug-likeness (QED) is 0.761. The van der Waals surface area contributed by atoms with Crippen LogP contribution in [0.2, 0.25) is 0 Å². The van der Waals surface area contributed by atoms with Gasteiger partial charge in [0, 0.05) is 38.7 Å². The van der Waals surface area contributed by atoms with Crippen molar-refractivity contribution in [1.82, 2.24) is 9.80 Å². The number of piperazine rings is 1. The van der Waals surface area contributed by atoms with E-state index in [0.29, 0.717) is 45.9 Å². The molecule has 19 heavy (non-hydrogen) atoms. The van der Waals surface area contributed by atoms with Gasteiger partial charge in [-0.15, -0.1) is 0 Å². The first-order chi connectivity index (χ1) is 8.94. The molecule has 0 aromatic rings. The molecule has 2 fully saturated rings. The van der Waals surface area contributed by atoms with Crippen molar-refractivity contribution in [2.45, 2.75) is 12.6 Å². The number of carbonyl (C=O) groups is 1. The maximum absolute atomic E-state index is 12.2. The highest BCUT2D eigenvalue weighted by molar-refractivity contribution is 5.83. The highest BCUT2D eigenvalue weighted by Gasteiger charge is 2.33. The Hall–Kier alpha value is -0.660. The van der Waals surface area contributed by atoms with Crippen LogP contribution in [0, 0.1) is 5.92 Å². The molecule has 2 rings (SSSR count). The fourth-order valence-corrected chi connectivity index (χ4v) is 2.50. The molecule has 0 aliphatic carbocycles. The van der Waals surface area contributed by atoms with Crippen LogP contribution in [0.15, 0.2) is 0 Å². The molecule has 0 aromatic heterocycles. The number of rotatable bonds is 4. The van der Waals surface area contributed by atoms with Crippen LogP contribution in [0.3, 0.4) is 0 Å². The van der Waals surface area contributed by atoms with Crippen molar-refractivity contribution in [3.63, 3.8) is 0 Å². The van der Waals surface area contributed by atoms with Gasteiger partial charge in [0.2, 0.25) is 0 Å². The molecule has 4 nitrogen and oxygen atoms in total. The van der Waals surface area contributed by atoms with E-state index in [1.807, 2.05) is 4.90 Å². The third-order valence-electron chi connectivity index (χ3n) is 3.63. The van der Waals surface area contributed by atoms with Crippen LogP contribution in [-0.2, 0) is 9.53 Å². The highest BCUT2D eigenvalue weighted by atomic mass is 19.4. The lowest BCUT2D eigenvalue weighted by Gasteiger charge is -2.34. The zero-order valence-electron chi connectivity index (χ0n) is 10.8. The summed E-state index contributed by atoms with van der Waals surface area (Å²) in [4.78, 5) is 15.2. The average Bonchev–Trinajstić information content (AvgIpc) is 2.83. The Balaban J connectivity index is 1.69. The molecule has 0 N–H and O–H groups in total. The summed E-state index contributed by atoms with van der Waals surface area (Å²) in [6.45, 7) is 2.40. The van der Waals surface area contributed by atoms with E-state index in [1.165, 1.54) is 4.90 Å². The smallest absolute Gasteiger partial charge is 0.381 e. The normalized spacial score (nSPS) is 26.8. The first-order valence-corrected chi connectivity index (χ1v) is 6.56. The zero-order chi connectivity index (χ0) is 13.9. The van der Waals surface area contributed by atoms with Gasteiger partial charge in [-0.05, 0) is 6.42 Å². The van der Waals surface area contributed by atoms with Crippen LogP contribution in [-0.4, -0.2) is 74.2 Å². The van der Waals surface area contributed by atoms with Gasteiger partial charge in [-0.25, -0.2) is 0 Å². The van der Waals surface area contributed by atoms with Crippen LogP contribution >= 0.6 is 0 Å². The first kappa shape index (κ1) is 14.7. The number of Topliss-reactive ketones (excluding diaryl/α,β-unsaturated/α-hetero) is 1. The maximum atomic E-state index is 12.2. The first-order valence-electron chi connectivity index (χ1n) is 6.56. The number of nitrogens with zero attached hydrogens (tertiary/aromatic N) is 2. The molecular weight excluding hydrogens is 261 g/mol. The summed E-state index contributed by atoms with van der Waals surface area (Å²) < 4.78 is 41.9. The van der Waals surface area contributed by atoms with E-state index in [1.54, 1.807) is 0 Å². The molecule has 0 bridgehead atoms. The summed E-state index contributed by atoms with van der Waals surface area (Å²) in [5, 5.41) is 0. The maximum Gasteiger partial charge on any atom is 0.401 e. The molecule has 2 saturated heterocycles. The van der Waals surface area contributed by atoms with E-state index in [0.717, 1.165) is 6.42 Å². The van der Waals surface area contributed by atoms with Crippen molar-refractivity contribution in [2.75, 3.05) is 52.5 Å². The van der Waals surface area contributed by atoms with Crippen molar-refractivity contribution in [1.29, 1.82) is 0 Å². The predicted octanol–water partition coefficient (Wildman–Crippen LogP) is 0.772. The lowest BCUT2D eigenvalue weighted by molar-refractivity contribution is -0.150. The summed E-state index contributed by atoms with van der Waals surface area (Å²) in [5.41, 5.74) is 0. The van der Waals surface area contributed by atoms with Gasteiger partial charge in [-0.3, -0.25) is 14.6 Å². The third kappa shape index (κ3) is 4.74. The molecule has 0 amide bonds. The van der Waals surface area contributed by atoms with Crippen LogP contribution in [0.4, 0.5) is 13.2 Å². The Morgan fingerprint density at radius 3 is 2.32 bits per heavy atom. The summed E-state index contributed by atoms with van der Waals surface area (Å²) in [6, 6.07) is 0. The molecule has 2 aliphatic heterocycles. The molecule has 7 heteroatoms. The summed E-state index contributed by atoms with van der Waals surface area (Å²) in [5.74, 6) is 0.134. The van der Waals surface area contributed by atoms with Gasteiger partial charge in [0.15, 0.2) is 5.78 Å². The number of ketones is 1. The summed E-state index contributed by atoms with van der Waals surface area (Å²) in [7, 11) is 0. The van der Waals surface area contributed by atoms with Gasteiger partial charge in [0.1, 0.15) is 0 Å². The SMILES string of the molecule is O=C(CN1CCN(CC(F)(F)F)CC1)C1CCOC1. The minimum Gasteiger partial charge on any atom is -0.381 e. The summed E-state index contributed by atoms with van der Waals surface area (Å²) >= 11 is 0. The zero-order valence-corrected chi connectivity index (χ0v) is 10.8. The molecule has 0 aromatic carbocycles. The number of hydrogen-bond acceptors (Lipinski definition) is 4. The van der Waals surface area contributed by atoms with E-state index in [-0.39, 0.29) is 11.7 Å². The van der Waals surface area contributed by atoms with E-state index in [9.17, 15) is 18.0 Å². The van der Waals surface area contributed by atoms with Crippen molar-refractivity contribution in [3.05, 3.63) is 0 Å². The molecule has 1 unspecified atom stereocenters. The lowest BCUT2D eigenvalue weighted by Crippen LogP contribution is -2.50. The van der Waals surface area contributed by atoms with E-state index in [2.05, 4.69) is 0 Å². The second-order valence-corrected chi connectivity index (χ2v) is 5.19. The second-order valence-electron chi connectivity index (χ2n) is 5.19. The Bertz CT molecular complexity index is 309. The Labute approximate surface area is 110 Å². The standard InChI is InChI=1S/C12H19F3N2O2/c13-12(14,15)9-17-4-2-16(3-5-17)7-11(18)10-1-6-19-8-10/h10H,1-9H2. The average molecular weight is 280 g/mol. The largest absolute Gasteiger partial charge is 0.401 e. The number of carbonyl (C=O) groups excluding carboxylic acids is 1. The Morgan fingerprint density at radius 2 is 1.79 bits per heavy atom. The van der Waals surface area contributed by atoms with Gasteiger partial charge in [-0.1, -0.05) is 0 Å². The van der Waals surface area contributed by atoms with Crippen LogP contribution < -0.4 is 0 Å². The molecule has 0 radical (unpaired) electrons. The van der Waals surface area contributed by atoms with Gasteiger partial charge in [0.05, 0.1) is 19.7 Å². The molecule has 0 spiro atoms. The number of halogens is 3. The molecule has 1 atom stereocenters. The lowest BCUT2D eigenvalue weighted by atomic mass is 10.0. The third-order valence-corrected chi connectivity index (χ3v) is 3.63. The summed E-state index contributed by atoms with van der Waals surface area (Å²) in [6.07, 6.45) is -3.37. The van der Waals surface area contributed by atoms with Crippen molar-refractivity contribution < 1.29 is 22.7 Å². The highest BCUT2D eigenvalue weighted by Crippen LogP contribution is 2.18. The Kier molecular flexibility index (Phi) is 4.81. The van der Waals surface area contributed by atoms with E-state index in [4.69, 9.17) is 4.74 Å². The van der Waals surface area contributed by atoms with E-state index < -0.39 is 12.7 Å². The predicted molar refractivity (Wildman–Crippen MR) is 62.9 cm³/mol. The van der Waals surface area contributed by atoms with Crippen LogP contribution in [0.1, 0.15) is 6.42 Å². The number of ether oxygens (including phenoxy) is 1. The molecule has 2 heterocycles. The van der Waals surface area contributed by atoms with Crippen molar-refractivity contribution in [3.8, 4) is 0 Å². The number of alkyl halides is 3. The molecule has 110 valence electrons. The molecule has 2 aliphatic rings. The minimum absolute atomic E-state index is 0.0202. The monoisotopic (exact) mass is 280 g/mol. The number of hydrogen-bond donors (Lipinski definition) is 0. The second kappa shape index (κ2) is 6.19. The van der Waals surface area contributed by atoms with Crippen molar-refractivity contribution in [2.24, 2.45) is 5.92 Å². The van der Waals surface area contributed by atoms with Gasteiger partial charge in [-0.2, -0.15) is 13.2 Å². The fraction of sp³-hybridized carbons (Fsp3) is 0.917. The fourth-order valence-electron chi connectivity index (χ4n) is 2.50. The van der Waals surface area contributed by atoms with E-state index >= 15 is 0 Å². The molecule has 0 saturated carbocycles. The van der Waals surface area contributed by atoms with Gasteiger partial charge < -0.3 is 4.74 Å². The Morgan fingerprint density at radius 1 is 1.16 bits per heavy atom. The molecular formula is C12H19F3N2O2. The van der Waals surface area contributed by atoms with Crippen molar-refractivity contribution >= 4 is 5.78 Å². The minimum atomic E-state index is -4.14. The van der Waals surface area contributed by atoms with Crippen LogP contribution in [0.25, 0.3) is 0 Å². The van der Waals surface area contributed by atoms with Gasteiger partial charge >= 0.3 is 6.18 Å². The van der Waals surface area contributed by atoms with Gasteiger partial charge in [0.25, 0.3) is 0 Å².